The molecule has 14 heteroatoms. The van der Waals surface area contributed by atoms with Crippen molar-refractivity contribution in [3.05, 3.63) is 0 Å². The molecule has 0 heterocycles. The first-order valence-electron chi connectivity index (χ1n) is 21.3. The van der Waals surface area contributed by atoms with Crippen molar-refractivity contribution in [2.45, 2.75) is 239 Å². The molecule has 0 saturated carbocycles. The average molecular weight is 875 g/mol. The van der Waals surface area contributed by atoms with E-state index in [0.29, 0.717) is 19.3 Å². The van der Waals surface area contributed by atoms with E-state index in [1.165, 1.54) is 154 Å². The summed E-state index contributed by atoms with van der Waals surface area (Å²) in [5, 5.41) is 0. The summed E-state index contributed by atoms with van der Waals surface area (Å²) < 4.78 is 65.9. The fourth-order valence-corrected chi connectivity index (χ4v) is 6.98. The van der Waals surface area contributed by atoms with E-state index in [0.717, 1.165) is 38.5 Å². The van der Waals surface area contributed by atoms with Crippen LogP contribution >= 0.6 is 0 Å². The molecule has 0 aliphatic carbocycles. The molecule has 0 spiro atoms. The molecule has 1 N–H and O–H groups in total. The summed E-state index contributed by atoms with van der Waals surface area (Å²) in [6.45, 7) is 6.88. The molecule has 0 bridgehead atoms. The van der Waals surface area contributed by atoms with Crippen LogP contribution in [0.4, 0.5) is 0 Å². The quantitative estimate of drug-likeness (QED) is 0.0364. The van der Waals surface area contributed by atoms with Gasteiger partial charge in [0, 0.05) is 6.42 Å². The molecule has 314 valence electrons. The minimum absolute atomic E-state index is 0. The van der Waals surface area contributed by atoms with Gasteiger partial charge >= 0.3 is 159 Å². The zero-order valence-corrected chi connectivity index (χ0v) is 35.1. The summed E-state index contributed by atoms with van der Waals surface area (Å²) in [6.07, 6.45) is 39.6. The molecule has 0 aliphatic rings. The molecule has 54 heavy (non-hydrogen) atoms. The third-order valence-electron chi connectivity index (χ3n) is 9.14. The Kier molecular flexibility index (Phi) is 65.0. The van der Waals surface area contributed by atoms with Gasteiger partial charge in [-0.2, -0.15) is 16.8 Å². The molecule has 0 aromatic heterocycles. The van der Waals surface area contributed by atoms with E-state index < -0.39 is 26.8 Å². The number of unbranched alkanes of at least 4 members (excludes halogenated alkanes) is 30. The van der Waals surface area contributed by atoms with E-state index in [1.807, 2.05) is 0 Å². The first-order chi connectivity index (χ1) is 24.6. The first kappa shape index (κ1) is 66.6. The Morgan fingerprint density at radius 3 is 0.926 bits per heavy atom. The molecule has 0 atom stereocenters. The Morgan fingerprint density at radius 2 is 0.648 bits per heavy atom. The van der Waals surface area contributed by atoms with Gasteiger partial charge in [-0.05, 0) is 19.3 Å². The van der Waals surface area contributed by atoms with Gasteiger partial charge in [0.05, 0.1) is 13.2 Å². The molecule has 0 aromatic carbocycles. The number of hydrogen-bond donors (Lipinski definition) is 1. The van der Waals surface area contributed by atoms with Gasteiger partial charge in [0.25, 0.3) is 0 Å². The van der Waals surface area contributed by atoms with Crippen LogP contribution in [0.3, 0.4) is 0 Å². The van der Waals surface area contributed by atoms with Crippen LogP contribution < -0.4 is 0 Å². The van der Waals surface area contributed by atoms with Crippen LogP contribution in [0.2, 0.25) is 0 Å². The van der Waals surface area contributed by atoms with Crippen molar-refractivity contribution >= 4 is 159 Å². The standard InChI is InChI=1S/C28H56O5S.C12H26O4S.2K.Na.3H/c1-3-5-7-9-11-13-15-17-19-21-23-25-27-32-34(30,31)33-28(29)26-24-22-20-18-16-14-12-10-8-6-4-2;1-2-3-4-5-6-7-8-9-10-11-12-16-17(13,14)15;;;;;;/h3-27H2,1-2H3;2-12H2,1H3,(H,13,14,15);;;;;;. The van der Waals surface area contributed by atoms with Gasteiger partial charge in [0.15, 0.2) is 0 Å². The second-order valence-corrected chi connectivity index (χ2v) is 16.6. The zero-order valence-electron chi connectivity index (χ0n) is 33.5. The second-order valence-electron chi connectivity index (χ2n) is 14.3. The van der Waals surface area contributed by atoms with Crippen LogP contribution in [0.1, 0.15) is 239 Å². The second kappa shape index (κ2) is 52.7. The molecule has 0 aromatic rings. The van der Waals surface area contributed by atoms with Gasteiger partial charge in [-0.1, -0.05) is 213 Å². The molecular weight excluding hydrogens is 790 g/mol. The Labute approximate surface area is 443 Å². The van der Waals surface area contributed by atoms with Gasteiger partial charge in [-0.3, -0.25) is 9.35 Å². The van der Waals surface area contributed by atoms with Crippen LogP contribution in [-0.4, -0.2) is 173 Å². The van der Waals surface area contributed by atoms with Crippen LogP contribution in [0.5, 0.6) is 0 Å². The van der Waals surface area contributed by atoms with E-state index in [9.17, 15) is 21.6 Å². The van der Waals surface area contributed by atoms with E-state index in [1.54, 1.807) is 0 Å². The Balaban J connectivity index is -0.000000340. The number of carbonyl (C=O) groups excluding carboxylic acids is 1. The Hall–Kier alpha value is 3.52. The van der Waals surface area contributed by atoms with Crippen molar-refractivity contribution in [2.24, 2.45) is 0 Å². The van der Waals surface area contributed by atoms with E-state index >= 15 is 0 Å². The molecule has 0 fully saturated rings. The third kappa shape index (κ3) is 62.2. The van der Waals surface area contributed by atoms with Gasteiger partial charge in [-0.25, -0.2) is 8.37 Å². The Morgan fingerprint density at radius 1 is 0.407 bits per heavy atom. The van der Waals surface area contributed by atoms with Crippen molar-refractivity contribution in [1.29, 1.82) is 0 Å². The number of rotatable bonds is 39. The fourth-order valence-electron chi connectivity index (χ4n) is 5.97. The molecule has 0 aliphatic heterocycles. The third-order valence-corrected chi connectivity index (χ3v) is 10.4. The van der Waals surface area contributed by atoms with Crippen molar-refractivity contribution in [3.8, 4) is 0 Å². The summed E-state index contributed by atoms with van der Waals surface area (Å²) >= 11 is 0. The Bertz CT molecular complexity index is 944. The van der Waals surface area contributed by atoms with E-state index in [4.69, 9.17) is 8.74 Å². The molecule has 0 rings (SSSR count). The van der Waals surface area contributed by atoms with Gasteiger partial charge < -0.3 is 4.18 Å². The van der Waals surface area contributed by atoms with Crippen molar-refractivity contribution in [3.63, 3.8) is 0 Å². The summed E-state index contributed by atoms with van der Waals surface area (Å²) in [5.74, 6) is -0.703. The summed E-state index contributed by atoms with van der Waals surface area (Å²) in [4.78, 5) is 11.8. The summed E-state index contributed by atoms with van der Waals surface area (Å²) in [6, 6.07) is 0. The molecule has 0 unspecified atom stereocenters. The SMILES string of the molecule is CCCCCCCCCCCCCCOS(=O)(=O)OC(=O)CCCCCCCCCCCCC.CCCCCCCCCCCCOS(=O)(=O)O.[KH].[KH].[NaH]. The predicted molar refractivity (Wildman–Crippen MR) is 234 cm³/mol. The monoisotopic (exact) mass is 874 g/mol. The van der Waals surface area contributed by atoms with Crippen LogP contribution in [0, 0.1) is 0 Å². The fraction of sp³-hybridized carbons (Fsp3) is 0.975. The average Bonchev–Trinajstić information content (AvgIpc) is 3.07. The van der Waals surface area contributed by atoms with Crippen LogP contribution in [-0.2, 0) is 38.1 Å². The van der Waals surface area contributed by atoms with Crippen LogP contribution in [0.15, 0.2) is 0 Å². The maximum absolute atomic E-state index is 11.8. The topological polar surface area (TPSA) is 133 Å². The summed E-state index contributed by atoms with van der Waals surface area (Å²) in [7, 11) is -8.44. The maximum atomic E-state index is 11.8. The van der Waals surface area contributed by atoms with E-state index in [2.05, 4.69) is 29.1 Å². The minimum atomic E-state index is -4.23. The van der Waals surface area contributed by atoms with Crippen molar-refractivity contribution < 1.29 is 38.7 Å². The van der Waals surface area contributed by atoms with Crippen molar-refractivity contribution in [2.75, 3.05) is 13.2 Å². The molecule has 0 saturated heterocycles. The van der Waals surface area contributed by atoms with Crippen molar-refractivity contribution in [1.82, 2.24) is 0 Å². The van der Waals surface area contributed by atoms with Crippen LogP contribution in [0.25, 0.3) is 0 Å². The first-order valence-corrected chi connectivity index (χ1v) is 24.0. The van der Waals surface area contributed by atoms with Gasteiger partial charge in [0.1, 0.15) is 0 Å². The number of hydrogen-bond acceptors (Lipinski definition) is 8. The summed E-state index contributed by atoms with van der Waals surface area (Å²) in [5.41, 5.74) is 0. The van der Waals surface area contributed by atoms with E-state index in [-0.39, 0.29) is 152 Å². The zero-order chi connectivity index (χ0) is 38.2. The van der Waals surface area contributed by atoms with Gasteiger partial charge in [0.2, 0.25) is 0 Å². The molecule has 0 radical (unpaired) electrons. The normalized spacial score (nSPS) is 11.1. The molecule has 9 nitrogen and oxygen atoms in total. The number of carbonyl (C=O) groups is 1. The van der Waals surface area contributed by atoms with Gasteiger partial charge in [-0.15, -0.1) is 0 Å². The predicted octanol–water partition coefficient (Wildman–Crippen LogP) is 11.0. The molecule has 0 amide bonds. The molecular formula is C40H85K2NaO9S2.